The lowest BCUT2D eigenvalue weighted by atomic mass is 10.3. The van der Waals surface area contributed by atoms with E-state index < -0.39 is 17.4 Å². The SMILES string of the molecule is CCN(C(=O)CCl)P(=S)(SC(C)C)N(CC)C(=O)C(=O)Oc1ccccc1. The summed E-state index contributed by atoms with van der Waals surface area (Å²) in [7, 11) is 0. The fourth-order valence-corrected chi connectivity index (χ4v) is 11.2. The highest BCUT2D eigenvalue weighted by Crippen LogP contribution is 2.66. The Morgan fingerprint density at radius 3 is 2.15 bits per heavy atom. The Morgan fingerprint density at radius 1 is 1.15 bits per heavy atom. The standard InChI is InChI=1S/C17H24ClN2O4PS2/c1-5-19(15(21)12-18)25(26,27-13(3)4)20(6-2)16(22)17(23)24-14-10-8-7-9-11-14/h7-11,13H,5-6,12H2,1-4H3. The summed E-state index contributed by atoms with van der Waals surface area (Å²) < 4.78 is 7.89. The minimum atomic E-state index is -2.95. The summed E-state index contributed by atoms with van der Waals surface area (Å²) in [6, 6.07) is 8.32. The highest BCUT2D eigenvalue weighted by Gasteiger charge is 2.41. The van der Waals surface area contributed by atoms with E-state index >= 15 is 0 Å². The number of benzene rings is 1. The highest BCUT2D eigenvalue weighted by molar-refractivity contribution is 8.69. The van der Waals surface area contributed by atoms with Gasteiger partial charge in [-0.25, -0.2) is 4.79 Å². The maximum absolute atomic E-state index is 12.9. The van der Waals surface area contributed by atoms with Crippen LogP contribution >= 0.6 is 28.5 Å². The number of rotatable bonds is 8. The third-order valence-electron chi connectivity index (χ3n) is 3.32. The van der Waals surface area contributed by atoms with Crippen molar-refractivity contribution >= 4 is 58.1 Å². The number of carbonyl (C=O) groups is 3. The van der Waals surface area contributed by atoms with Gasteiger partial charge >= 0.3 is 11.9 Å². The summed E-state index contributed by atoms with van der Waals surface area (Å²) in [5, 5.41) is 0.0417. The Kier molecular flexibility index (Phi) is 9.81. The van der Waals surface area contributed by atoms with Crippen LogP contribution in [0.4, 0.5) is 0 Å². The number of carbonyl (C=O) groups excluding carboxylic acids is 3. The maximum atomic E-state index is 12.9. The summed E-state index contributed by atoms with van der Waals surface area (Å²) in [6.45, 7) is 7.80. The van der Waals surface area contributed by atoms with Crippen LogP contribution in [-0.2, 0) is 26.2 Å². The van der Waals surface area contributed by atoms with Crippen molar-refractivity contribution in [2.75, 3.05) is 19.0 Å². The fraction of sp³-hybridized carbons (Fsp3) is 0.471. The number of alkyl halides is 1. The topological polar surface area (TPSA) is 66.9 Å². The molecule has 0 aliphatic carbocycles. The molecule has 0 saturated heterocycles. The van der Waals surface area contributed by atoms with E-state index in [9.17, 15) is 14.4 Å². The van der Waals surface area contributed by atoms with Crippen LogP contribution in [0.2, 0.25) is 0 Å². The zero-order chi connectivity index (χ0) is 20.6. The van der Waals surface area contributed by atoms with Gasteiger partial charge in [-0.2, -0.15) is 0 Å². The lowest BCUT2D eigenvalue weighted by Gasteiger charge is -2.41. The zero-order valence-electron chi connectivity index (χ0n) is 15.8. The number of hydrogen-bond donors (Lipinski definition) is 0. The molecule has 0 N–H and O–H groups in total. The molecular formula is C17H24ClN2O4PS2. The Hall–Kier alpha value is -1.08. The van der Waals surface area contributed by atoms with Crippen LogP contribution < -0.4 is 4.74 Å². The molecule has 10 heteroatoms. The van der Waals surface area contributed by atoms with Crippen molar-refractivity contribution < 1.29 is 19.1 Å². The van der Waals surface area contributed by atoms with Crippen molar-refractivity contribution in [1.29, 1.82) is 0 Å². The average Bonchev–Trinajstić information content (AvgIpc) is 2.62. The second kappa shape index (κ2) is 11.1. The second-order valence-electron chi connectivity index (χ2n) is 5.61. The summed E-state index contributed by atoms with van der Waals surface area (Å²) in [4.78, 5) is 37.6. The molecule has 1 rings (SSSR count). The number of ether oxygens (including phenoxy) is 1. The number of para-hydroxylation sites is 1. The van der Waals surface area contributed by atoms with E-state index in [0.29, 0.717) is 6.54 Å². The normalized spacial score (nSPS) is 13.0. The first-order valence-electron chi connectivity index (χ1n) is 8.45. The second-order valence-corrected chi connectivity index (χ2v) is 13.4. The molecule has 150 valence electrons. The molecular weight excluding hydrogens is 427 g/mol. The van der Waals surface area contributed by atoms with Gasteiger partial charge in [-0.15, -0.1) is 11.6 Å². The summed E-state index contributed by atoms with van der Waals surface area (Å²) in [6.07, 6.45) is 0. The Labute approximate surface area is 174 Å². The fourth-order valence-electron chi connectivity index (χ4n) is 2.27. The van der Waals surface area contributed by atoms with Crippen LogP contribution in [0.5, 0.6) is 5.75 Å². The third kappa shape index (κ3) is 6.21. The summed E-state index contributed by atoms with van der Waals surface area (Å²) in [5.74, 6) is -2.24. The van der Waals surface area contributed by atoms with Crippen molar-refractivity contribution in [2.45, 2.75) is 32.9 Å². The molecule has 0 fully saturated rings. The molecule has 1 aromatic rings. The van der Waals surface area contributed by atoms with Crippen LogP contribution in [0.1, 0.15) is 27.7 Å². The summed E-state index contributed by atoms with van der Waals surface area (Å²) >= 11 is 12.9. The van der Waals surface area contributed by atoms with E-state index in [2.05, 4.69) is 0 Å². The molecule has 0 spiro atoms. The monoisotopic (exact) mass is 450 g/mol. The minimum Gasteiger partial charge on any atom is -0.419 e. The number of hydrogen-bond acceptors (Lipinski definition) is 6. The molecule has 0 aromatic heterocycles. The van der Waals surface area contributed by atoms with Gasteiger partial charge in [0.2, 0.25) is 5.91 Å². The van der Waals surface area contributed by atoms with Crippen molar-refractivity contribution in [1.82, 2.24) is 9.34 Å². The van der Waals surface area contributed by atoms with Crippen molar-refractivity contribution in [3.63, 3.8) is 0 Å². The highest BCUT2D eigenvalue weighted by atomic mass is 35.5. The molecule has 1 aromatic carbocycles. The smallest absolute Gasteiger partial charge is 0.402 e. The van der Waals surface area contributed by atoms with Gasteiger partial charge in [-0.3, -0.25) is 18.9 Å². The van der Waals surface area contributed by atoms with Crippen LogP contribution in [0.25, 0.3) is 0 Å². The van der Waals surface area contributed by atoms with Crippen LogP contribution in [0, 0.1) is 0 Å². The van der Waals surface area contributed by atoms with Crippen LogP contribution in [0.3, 0.4) is 0 Å². The molecule has 1 unspecified atom stereocenters. The molecule has 0 saturated carbocycles. The molecule has 1 atom stereocenters. The maximum Gasteiger partial charge on any atom is 0.402 e. The molecule has 6 nitrogen and oxygen atoms in total. The van der Waals surface area contributed by atoms with Crippen LogP contribution in [-0.4, -0.2) is 51.3 Å². The van der Waals surface area contributed by atoms with Gasteiger partial charge in [-0.1, -0.05) is 43.4 Å². The largest absolute Gasteiger partial charge is 0.419 e. The Morgan fingerprint density at radius 2 is 1.70 bits per heavy atom. The van der Waals surface area contributed by atoms with Gasteiger partial charge in [0.15, 0.2) is 5.54 Å². The third-order valence-corrected chi connectivity index (χ3v) is 11.7. The van der Waals surface area contributed by atoms with Gasteiger partial charge in [-0.05, 0) is 37.8 Å². The lowest BCUT2D eigenvalue weighted by Crippen LogP contribution is -2.42. The molecule has 0 heterocycles. The number of likely N-dealkylation sites (N-methyl/N-ethyl adjacent to an activating group) is 1. The Bertz CT molecular complexity index is 718. The van der Waals surface area contributed by atoms with E-state index in [1.165, 1.54) is 20.7 Å². The Balaban J connectivity index is 3.23. The van der Waals surface area contributed by atoms with E-state index in [1.54, 1.807) is 44.2 Å². The van der Waals surface area contributed by atoms with E-state index in [0.717, 1.165) is 0 Å². The first kappa shape index (κ1) is 24.0. The van der Waals surface area contributed by atoms with Crippen molar-refractivity contribution in [2.24, 2.45) is 0 Å². The predicted molar refractivity (Wildman–Crippen MR) is 115 cm³/mol. The predicted octanol–water partition coefficient (Wildman–Crippen LogP) is 3.89. The van der Waals surface area contributed by atoms with Gasteiger partial charge in [0.25, 0.3) is 0 Å². The van der Waals surface area contributed by atoms with E-state index in [-0.39, 0.29) is 29.3 Å². The van der Waals surface area contributed by atoms with Crippen molar-refractivity contribution in [3.05, 3.63) is 30.3 Å². The first-order chi connectivity index (χ1) is 12.7. The first-order valence-corrected chi connectivity index (χ1v) is 13.2. The lowest BCUT2D eigenvalue weighted by molar-refractivity contribution is -0.151. The average molecular weight is 451 g/mol. The van der Waals surface area contributed by atoms with Gasteiger partial charge in [0, 0.05) is 18.3 Å². The van der Waals surface area contributed by atoms with Gasteiger partial charge < -0.3 is 4.74 Å². The summed E-state index contributed by atoms with van der Waals surface area (Å²) in [5.41, 5.74) is -2.95. The van der Waals surface area contributed by atoms with Gasteiger partial charge in [0.1, 0.15) is 11.6 Å². The van der Waals surface area contributed by atoms with E-state index in [1.807, 2.05) is 13.8 Å². The molecule has 0 bridgehead atoms. The number of amides is 2. The van der Waals surface area contributed by atoms with Gasteiger partial charge in [0.05, 0.1) is 0 Å². The zero-order valence-corrected chi connectivity index (χ0v) is 19.0. The number of halogens is 1. The van der Waals surface area contributed by atoms with E-state index in [4.69, 9.17) is 28.1 Å². The number of esters is 1. The molecule has 0 aliphatic rings. The number of nitrogens with zero attached hydrogens (tertiary/aromatic N) is 2. The molecule has 0 aliphatic heterocycles. The minimum absolute atomic E-state index is 0.0417. The molecule has 27 heavy (non-hydrogen) atoms. The molecule has 2 amide bonds. The van der Waals surface area contributed by atoms with Crippen LogP contribution in [0.15, 0.2) is 30.3 Å². The van der Waals surface area contributed by atoms with Crippen molar-refractivity contribution in [3.8, 4) is 5.75 Å². The molecule has 0 radical (unpaired) electrons. The quantitative estimate of drug-likeness (QED) is 0.197.